The largest absolute Gasteiger partial charge is 0.618 e. The summed E-state index contributed by atoms with van der Waals surface area (Å²) in [6.07, 6.45) is 1.26. The Balaban J connectivity index is 1.48. The molecule has 220 valence electrons. The summed E-state index contributed by atoms with van der Waals surface area (Å²) < 4.78 is 38.5. The molecule has 0 bridgehead atoms. The zero-order chi connectivity index (χ0) is 29.9. The maximum Gasteiger partial charge on any atom is 0.323 e. The molecule has 0 spiro atoms. The molecule has 1 saturated heterocycles. The van der Waals surface area contributed by atoms with Crippen molar-refractivity contribution in [2.24, 2.45) is 5.92 Å². The Morgan fingerprint density at radius 3 is 2.66 bits per heavy atom. The fourth-order valence-corrected chi connectivity index (χ4v) is 6.32. The third kappa shape index (κ3) is 6.51. The molecule has 3 aromatic rings. The van der Waals surface area contributed by atoms with Crippen LogP contribution in [0.15, 0.2) is 52.0 Å². The number of hydrogen-bond donors (Lipinski definition) is 2. The molecular formula is C28H34N4O8S. The highest BCUT2D eigenvalue weighted by molar-refractivity contribution is 7.88. The van der Waals surface area contributed by atoms with Crippen LogP contribution in [0.1, 0.15) is 49.2 Å². The van der Waals surface area contributed by atoms with Gasteiger partial charge in [0, 0.05) is 42.6 Å². The molecule has 2 amide bonds. The van der Waals surface area contributed by atoms with E-state index in [0.29, 0.717) is 28.7 Å². The van der Waals surface area contributed by atoms with Gasteiger partial charge in [-0.25, -0.2) is 8.42 Å². The molecule has 41 heavy (non-hydrogen) atoms. The van der Waals surface area contributed by atoms with Crippen molar-refractivity contribution < 1.29 is 36.7 Å². The van der Waals surface area contributed by atoms with Crippen molar-refractivity contribution in [2.45, 2.75) is 57.1 Å². The lowest BCUT2D eigenvalue weighted by molar-refractivity contribution is -0.646. The fourth-order valence-electron chi connectivity index (χ4n) is 4.84. The van der Waals surface area contributed by atoms with Crippen LogP contribution in [0.5, 0.6) is 5.75 Å². The summed E-state index contributed by atoms with van der Waals surface area (Å²) >= 11 is 0. The predicted molar refractivity (Wildman–Crippen MR) is 149 cm³/mol. The molecule has 13 heteroatoms. The van der Waals surface area contributed by atoms with Gasteiger partial charge in [-0.3, -0.25) is 14.4 Å². The average molecular weight is 587 g/mol. The number of sulfonamides is 1. The number of carbonyl (C=O) groups excluding carboxylic acids is 3. The van der Waals surface area contributed by atoms with Crippen molar-refractivity contribution in [1.82, 2.24) is 14.9 Å². The smallest absolute Gasteiger partial charge is 0.323 e. The minimum absolute atomic E-state index is 0.0162. The standard InChI is InChI=1S/C28H34N4O8S/c1-17(2)15-22(30-28(35)26-18(3)20-16-19(39-4)8-9-24(20)40-26)27(34)29-21-10-13-31(14-11-23(21)33)41(37,38)25-7-5-6-12-32(25)36/h5-9,12,16-17,21-22H,10-11,13-15H2,1-4H3,(H,29,34)(H,30,35)/t21-,22-/m0/s1. The fraction of sp³-hybridized carbons (Fsp3) is 0.429. The van der Waals surface area contributed by atoms with Crippen molar-refractivity contribution in [3.05, 3.63) is 59.1 Å². The number of furan rings is 1. The Kier molecular flexibility index (Phi) is 8.98. The summed E-state index contributed by atoms with van der Waals surface area (Å²) in [5.74, 6) is -0.758. The van der Waals surface area contributed by atoms with Gasteiger partial charge < -0.3 is 25.0 Å². The van der Waals surface area contributed by atoms with E-state index in [9.17, 15) is 28.0 Å². The quantitative estimate of drug-likeness (QED) is 0.284. The Hall–Kier alpha value is -3.97. The molecule has 0 radical (unpaired) electrons. The molecule has 2 atom stereocenters. The van der Waals surface area contributed by atoms with Crippen LogP contribution in [-0.4, -0.2) is 62.6 Å². The number of Topliss-reactive ketones (excluding diaryl/α,β-unsaturated/α-hetero) is 1. The monoisotopic (exact) mass is 586 g/mol. The summed E-state index contributed by atoms with van der Waals surface area (Å²) in [5, 5.41) is 17.8. The molecule has 0 saturated carbocycles. The highest BCUT2D eigenvalue weighted by Crippen LogP contribution is 2.29. The molecular weight excluding hydrogens is 552 g/mol. The molecule has 2 N–H and O–H groups in total. The van der Waals surface area contributed by atoms with Crippen LogP contribution >= 0.6 is 0 Å². The number of aromatic nitrogens is 1. The van der Waals surface area contributed by atoms with Gasteiger partial charge in [-0.05, 0) is 49.9 Å². The Labute approximate surface area is 238 Å². The van der Waals surface area contributed by atoms with Crippen molar-refractivity contribution in [1.29, 1.82) is 0 Å². The van der Waals surface area contributed by atoms with Crippen LogP contribution in [0.25, 0.3) is 11.0 Å². The number of hydrogen-bond acceptors (Lipinski definition) is 8. The van der Waals surface area contributed by atoms with Crippen LogP contribution in [0, 0.1) is 18.0 Å². The number of rotatable bonds is 9. The van der Waals surface area contributed by atoms with Crippen molar-refractivity contribution in [3.63, 3.8) is 0 Å². The van der Waals surface area contributed by atoms with Crippen molar-refractivity contribution in [3.8, 4) is 5.75 Å². The molecule has 12 nitrogen and oxygen atoms in total. The van der Waals surface area contributed by atoms with Crippen LogP contribution in [-0.2, 0) is 19.6 Å². The Morgan fingerprint density at radius 1 is 1.22 bits per heavy atom. The van der Waals surface area contributed by atoms with E-state index in [1.54, 1.807) is 32.2 Å². The molecule has 1 aliphatic heterocycles. The van der Waals surface area contributed by atoms with E-state index in [0.717, 1.165) is 10.5 Å². The second-order valence-corrected chi connectivity index (χ2v) is 12.3. The number of aryl methyl sites for hydroxylation is 1. The van der Waals surface area contributed by atoms with Gasteiger partial charge in [-0.2, -0.15) is 9.04 Å². The van der Waals surface area contributed by atoms with Crippen LogP contribution in [0.3, 0.4) is 0 Å². The maximum absolute atomic E-state index is 13.4. The second kappa shape index (κ2) is 12.3. The van der Waals surface area contributed by atoms with Crippen LogP contribution in [0.2, 0.25) is 0 Å². The summed E-state index contributed by atoms with van der Waals surface area (Å²) in [6.45, 7) is 5.35. The van der Waals surface area contributed by atoms with E-state index in [4.69, 9.17) is 9.15 Å². The van der Waals surface area contributed by atoms with Gasteiger partial charge >= 0.3 is 15.0 Å². The zero-order valence-corrected chi connectivity index (χ0v) is 24.2. The molecule has 4 rings (SSSR count). The summed E-state index contributed by atoms with van der Waals surface area (Å²) in [6, 6.07) is 7.33. The number of benzene rings is 1. The Morgan fingerprint density at radius 2 is 1.98 bits per heavy atom. The number of nitrogens with one attached hydrogen (secondary N) is 2. The zero-order valence-electron chi connectivity index (χ0n) is 23.4. The lowest BCUT2D eigenvalue weighted by atomic mass is 10.0. The van der Waals surface area contributed by atoms with E-state index in [-0.39, 0.29) is 48.1 Å². The number of ketones is 1. The number of methoxy groups -OCH3 is 1. The molecule has 3 heterocycles. The third-order valence-electron chi connectivity index (χ3n) is 7.05. The summed E-state index contributed by atoms with van der Waals surface area (Å²) in [7, 11) is -2.61. The van der Waals surface area contributed by atoms with Crippen molar-refractivity contribution >= 4 is 38.6 Å². The highest BCUT2D eigenvalue weighted by Gasteiger charge is 2.36. The first-order valence-electron chi connectivity index (χ1n) is 13.3. The average Bonchev–Trinajstić information content (AvgIpc) is 3.14. The topological polar surface area (TPSA) is 162 Å². The van der Waals surface area contributed by atoms with E-state index in [2.05, 4.69) is 10.6 Å². The number of amides is 2. The highest BCUT2D eigenvalue weighted by atomic mass is 32.2. The number of nitrogens with zero attached hydrogens (tertiary/aromatic N) is 2. The lowest BCUT2D eigenvalue weighted by Gasteiger charge is -2.23. The molecule has 1 aliphatic rings. The third-order valence-corrected chi connectivity index (χ3v) is 8.94. The van der Waals surface area contributed by atoms with Gasteiger partial charge in [-0.1, -0.05) is 13.8 Å². The van der Waals surface area contributed by atoms with Crippen LogP contribution in [0.4, 0.5) is 0 Å². The number of fused-ring (bicyclic) bond motifs is 1. The first-order chi connectivity index (χ1) is 19.4. The van der Waals surface area contributed by atoms with Gasteiger partial charge in [0.1, 0.15) is 17.4 Å². The van der Waals surface area contributed by atoms with Gasteiger partial charge in [0.05, 0.1) is 13.2 Å². The number of carbonyl (C=O) groups is 3. The minimum Gasteiger partial charge on any atom is -0.618 e. The van der Waals surface area contributed by atoms with E-state index in [1.807, 2.05) is 13.8 Å². The maximum atomic E-state index is 13.4. The van der Waals surface area contributed by atoms with E-state index < -0.39 is 38.9 Å². The van der Waals surface area contributed by atoms with E-state index >= 15 is 0 Å². The lowest BCUT2D eigenvalue weighted by Crippen LogP contribution is -2.52. The first kappa shape index (κ1) is 30.0. The number of ether oxygens (including phenoxy) is 1. The molecule has 2 aromatic heterocycles. The van der Waals surface area contributed by atoms with Gasteiger partial charge in [-0.15, -0.1) is 0 Å². The number of pyridine rings is 1. The Bertz CT molecular complexity index is 1570. The van der Waals surface area contributed by atoms with Crippen LogP contribution < -0.4 is 20.1 Å². The normalized spacial score (nSPS) is 17.3. The van der Waals surface area contributed by atoms with Gasteiger partial charge in [0.15, 0.2) is 17.7 Å². The van der Waals surface area contributed by atoms with Crippen molar-refractivity contribution in [2.75, 3.05) is 20.2 Å². The predicted octanol–water partition coefficient (Wildman–Crippen LogP) is 2.07. The molecule has 1 fully saturated rings. The summed E-state index contributed by atoms with van der Waals surface area (Å²) in [4.78, 5) is 39.5. The summed E-state index contributed by atoms with van der Waals surface area (Å²) in [5.41, 5.74) is 1.10. The van der Waals surface area contributed by atoms with E-state index in [1.165, 1.54) is 18.2 Å². The second-order valence-electron chi connectivity index (χ2n) is 10.4. The molecule has 0 aliphatic carbocycles. The molecule has 0 unspecified atom stereocenters. The first-order valence-corrected chi connectivity index (χ1v) is 14.8. The minimum atomic E-state index is -4.15. The SMILES string of the molecule is COc1ccc2oc(C(=O)N[C@@H](CC(C)C)C(=O)N[C@H]3CCN(S(=O)(=O)c4cccc[n+]4[O-])CCC3=O)c(C)c2c1. The van der Waals surface area contributed by atoms with Gasteiger partial charge in [0.25, 0.3) is 5.91 Å². The molecule has 1 aromatic carbocycles. The van der Waals surface area contributed by atoms with Gasteiger partial charge in [0.2, 0.25) is 5.91 Å².